The predicted molar refractivity (Wildman–Crippen MR) is 115 cm³/mol. The molecule has 1 fully saturated rings. The average Bonchev–Trinajstić information content (AvgIpc) is 2.72. The predicted octanol–water partition coefficient (Wildman–Crippen LogP) is 3.58. The van der Waals surface area contributed by atoms with Crippen molar-refractivity contribution in [2.45, 2.75) is 31.5 Å². The highest BCUT2D eigenvalue weighted by molar-refractivity contribution is 7.80. The standard InChI is InChI=1S/C21H23N3O5S/c1-21-12-16(15-11-14(24(25)26)5-7-17(15)29-21)22-20(30)23(21)9-8-13-4-6-18(27-2)19(10-13)28-3/h4-7,10-11,16H,8-9,12H2,1-3H3,(H,22,30)/t16-,21-/m1/s1. The fourth-order valence-electron chi connectivity index (χ4n) is 4.13. The number of thiocarbonyl (C=S) groups is 1. The van der Waals surface area contributed by atoms with E-state index in [0.29, 0.717) is 35.3 Å². The second kappa shape index (κ2) is 7.64. The van der Waals surface area contributed by atoms with E-state index in [2.05, 4.69) is 5.32 Å². The van der Waals surface area contributed by atoms with E-state index in [4.69, 9.17) is 26.4 Å². The molecule has 0 unspecified atom stereocenters. The maximum absolute atomic E-state index is 11.1. The quantitative estimate of drug-likeness (QED) is 0.424. The summed E-state index contributed by atoms with van der Waals surface area (Å²) in [5.41, 5.74) is 1.27. The Morgan fingerprint density at radius 3 is 2.73 bits per heavy atom. The minimum Gasteiger partial charge on any atom is -0.493 e. The lowest BCUT2D eigenvalue weighted by molar-refractivity contribution is -0.385. The average molecular weight is 429 g/mol. The first-order chi connectivity index (χ1) is 14.3. The first kappa shape index (κ1) is 20.2. The number of nitro groups is 1. The van der Waals surface area contributed by atoms with E-state index in [1.54, 1.807) is 26.4 Å². The fraction of sp³-hybridized carbons (Fsp3) is 0.381. The summed E-state index contributed by atoms with van der Waals surface area (Å²) in [5.74, 6) is 2.02. The number of nitro benzene ring substituents is 1. The number of ether oxygens (including phenoxy) is 3. The molecule has 0 radical (unpaired) electrons. The van der Waals surface area contributed by atoms with E-state index < -0.39 is 10.6 Å². The molecule has 4 rings (SSSR count). The number of hydrogen-bond donors (Lipinski definition) is 1. The number of nitrogens with zero attached hydrogens (tertiary/aromatic N) is 2. The number of methoxy groups -OCH3 is 2. The van der Waals surface area contributed by atoms with Gasteiger partial charge in [-0.15, -0.1) is 0 Å². The molecule has 2 atom stereocenters. The summed E-state index contributed by atoms with van der Waals surface area (Å²) in [5, 5.41) is 15.0. The Labute approximate surface area is 179 Å². The lowest BCUT2D eigenvalue weighted by Gasteiger charge is -2.52. The Balaban J connectivity index is 1.55. The molecule has 2 heterocycles. The molecule has 158 valence electrons. The van der Waals surface area contributed by atoms with E-state index in [-0.39, 0.29) is 11.7 Å². The lowest BCUT2D eigenvalue weighted by atomic mass is 9.90. The molecule has 2 aliphatic heterocycles. The molecule has 0 amide bonds. The van der Waals surface area contributed by atoms with E-state index in [9.17, 15) is 10.1 Å². The molecular formula is C21H23N3O5S. The van der Waals surface area contributed by atoms with Crippen LogP contribution < -0.4 is 19.5 Å². The molecule has 1 N–H and O–H groups in total. The molecule has 9 heteroatoms. The lowest BCUT2D eigenvalue weighted by Crippen LogP contribution is -2.64. The second-order valence-corrected chi connectivity index (χ2v) is 7.94. The van der Waals surface area contributed by atoms with Crippen LogP contribution in [0, 0.1) is 10.1 Å². The smallest absolute Gasteiger partial charge is 0.270 e. The van der Waals surface area contributed by atoms with Gasteiger partial charge in [0.25, 0.3) is 5.69 Å². The topological polar surface area (TPSA) is 86.1 Å². The van der Waals surface area contributed by atoms with Crippen LogP contribution in [0.5, 0.6) is 17.2 Å². The second-order valence-electron chi connectivity index (χ2n) is 7.55. The van der Waals surface area contributed by atoms with Crippen molar-refractivity contribution in [3.8, 4) is 17.2 Å². The minimum atomic E-state index is -0.632. The van der Waals surface area contributed by atoms with Gasteiger partial charge in [0.2, 0.25) is 0 Å². The Hall–Kier alpha value is -3.07. The first-order valence-corrected chi connectivity index (χ1v) is 10.0. The molecule has 2 aromatic rings. The van der Waals surface area contributed by atoms with E-state index in [1.807, 2.05) is 30.0 Å². The van der Waals surface area contributed by atoms with Crippen LogP contribution in [-0.2, 0) is 6.42 Å². The highest BCUT2D eigenvalue weighted by atomic mass is 32.1. The normalized spacial score (nSPS) is 21.9. The van der Waals surface area contributed by atoms with Crippen molar-refractivity contribution in [1.29, 1.82) is 0 Å². The zero-order chi connectivity index (χ0) is 21.5. The van der Waals surface area contributed by atoms with Gasteiger partial charge in [0.05, 0.1) is 25.2 Å². The van der Waals surface area contributed by atoms with Gasteiger partial charge in [0.15, 0.2) is 22.3 Å². The van der Waals surface area contributed by atoms with Gasteiger partial charge in [0, 0.05) is 30.7 Å². The molecule has 2 aliphatic rings. The van der Waals surface area contributed by atoms with Crippen molar-refractivity contribution in [3.05, 3.63) is 57.6 Å². The van der Waals surface area contributed by atoms with Crippen LogP contribution in [0.1, 0.15) is 30.5 Å². The first-order valence-electron chi connectivity index (χ1n) is 9.61. The number of fused-ring (bicyclic) bond motifs is 4. The molecule has 0 aliphatic carbocycles. The third-order valence-corrected chi connectivity index (χ3v) is 6.02. The maximum Gasteiger partial charge on any atom is 0.270 e. The van der Waals surface area contributed by atoms with E-state index >= 15 is 0 Å². The van der Waals surface area contributed by atoms with Crippen molar-refractivity contribution in [1.82, 2.24) is 10.2 Å². The maximum atomic E-state index is 11.1. The van der Waals surface area contributed by atoms with E-state index in [0.717, 1.165) is 17.5 Å². The van der Waals surface area contributed by atoms with Crippen LogP contribution in [0.25, 0.3) is 0 Å². The fourth-order valence-corrected chi connectivity index (χ4v) is 4.56. The van der Waals surface area contributed by atoms with Crippen LogP contribution >= 0.6 is 12.2 Å². The molecule has 2 aromatic carbocycles. The molecule has 0 spiro atoms. The SMILES string of the molecule is COc1ccc(CCN2C(=S)N[C@@H]3C[C@@]2(C)Oc2ccc([N+](=O)[O-])cc23)cc1OC. The van der Waals surface area contributed by atoms with Crippen LogP contribution in [0.4, 0.5) is 5.69 Å². The van der Waals surface area contributed by atoms with Gasteiger partial charge in [-0.2, -0.15) is 0 Å². The summed E-state index contributed by atoms with van der Waals surface area (Å²) in [7, 11) is 3.23. The Morgan fingerprint density at radius 1 is 1.27 bits per heavy atom. The number of benzene rings is 2. The van der Waals surface area contributed by atoms with Gasteiger partial charge in [-0.05, 0) is 49.3 Å². The summed E-state index contributed by atoms with van der Waals surface area (Å²) < 4.78 is 17.0. The van der Waals surface area contributed by atoms with Gasteiger partial charge in [-0.25, -0.2) is 0 Å². The Morgan fingerprint density at radius 2 is 2.03 bits per heavy atom. The monoisotopic (exact) mass is 429 g/mol. The number of non-ortho nitro benzene ring substituents is 1. The van der Waals surface area contributed by atoms with Crippen LogP contribution in [0.15, 0.2) is 36.4 Å². The highest BCUT2D eigenvalue weighted by Crippen LogP contribution is 2.45. The molecule has 1 saturated heterocycles. The van der Waals surface area contributed by atoms with Crippen LogP contribution in [-0.4, -0.2) is 41.4 Å². The molecule has 0 aromatic heterocycles. The summed E-state index contributed by atoms with van der Waals surface area (Å²) in [6.45, 7) is 2.65. The van der Waals surface area contributed by atoms with Gasteiger partial charge < -0.3 is 24.4 Å². The zero-order valence-corrected chi connectivity index (χ0v) is 17.8. The van der Waals surface area contributed by atoms with E-state index in [1.165, 1.54) is 6.07 Å². The summed E-state index contributed by atoms with van der Waals surface area (Å²) in [4.78, 5) is 12.8. The number of nitrogens with one attached hydrogen (secondary N) is 1. The molecule has 0 saturated carbocycles. The molecular weight excluding hydrogens is 406 g/mol. The van der Waals surface area contributed by atoms with Crippen LogP contribution in [0.2, 0.25) is 0 Å². The Bertz CT molecular complexity index is 1010. The van der Waals surface area contributed by atoms with Crippen molar-refractivity contribution in [2.75, 3.05) is 20.8 Å². The largest absolute Gasteiger partial charge is 0.493 e. The summed E-state index contributed by atoms with van der Waals surface area (Å²) >= 11 is 5.63. The summed E-state index contributed by atoms with van der Waals surface area (Å²) in [6.07, 6.45) is 1.37. The number of hydrogen-bond acceptors (Lipinski definition) is 6. The van der Waals surface area contributed by atoms with Gasteiger partial charge >= 0.3 is 0 Å². The summed E-state index contributed by atoms with van der Waals surface area (Å²) in [6, 6.07) is 10.4. The molecule has 8 nitrogen and oxygen atoms in total. The highest BCUT2D eigenvalue weighted by Gasteiger charge is 2.47. The van der Waals surface area contributed by atoms with Crippen molar-refractivity contribution < 1.29 is 19.1 Å². The zero-order valence-electron chi connectivity index (χ0n) is 17.0. The molecule has 2 bridgehead atoms. The van der Waals surface area contributed by atoms with Gasteiger partial charge in [-0.3, -0.25) is 10.1 Å². The third-order valence-electron chi connectivity index (χ3n) is 5.68. The van der Waals surface area contributed by atoms with Crippen molar-refractivity contribution in [2.24, 2.45) is 0 Å². The Kier molecular flexibility index (Phi) is 5.15. The van der Waals surface area contributed by atoms with Crippen LogP contribution in [0.3, 0.4) is 0 Å². The van der Waals surface area contributed by atoms with Gasteiger partial charge in [0.1, 0.15) is 5.75 Å². The van der Waals surface area contributed by atoms with Crippen molar-refractivity contribution in [3.63, 3.8) is 0 Å². The third kappa shape index (κ3) is 3.49. The van der Waals surface area contributed by atoms with Gasteiger partial charge in [-0.1, -0.05) is 6.07 Å². The van der Waals surface area contributed by atoms with Crippen molar-refractivity contribution >= 4 is 23.0 Å². The molecule has 30 heavy (non-hydrogen) atoms. The minimum absolute atomic E-state index is 0.0459. The number of rotatable bonds is 6.